The molecular weight excluding hydrogens is 384 g/mol. The zero-order valence-corrected chi connectivity index (χ0v) is 17.0. The van der Waals surface area contributed by atoms with Crippen LogP contribution in [0.25, 0.3) is 0 Å². The molecule has 1 unspecified atom stereocenters. The first kappa shape index (κ1) is 21.1. The summed E-state index contributed by atoms with van der Waals surface area (Å²) in [5.74, 6) is -1.34. The lowest BCUT2D eigenvalue weighted by molar-refractivity contribution is -0.117. The minimum atomic E-state index is -1.06. The van der Waals surface area contributed by atoms with Gasteiger partial charge in [0.1, 0.15) is 0 Å². The first-order valence-corrected chi connectivity index (χ1v) is 9.48. The highest BCUT2D eigenvalue weighted by Gasteiger charge is 2.43. The summed E-state index contributed by atoms with van der Waals surface area (Å²) in [5.41, 5.74) is 2.00. The van der Waals surface area contributed by atoms with Crippen LogP contribution in [0.4, 0.5) is 10.5 Å². The van der Waals surface area contributed by atoms with Gasteiger partial charge >= 0.3 is 12.1 Å². The Bertz CT molecular complexity index is 1000. The van der Waals surface area contributed by atoms with E-state index in [1.165, 1.54) is 18.1 Å². The Labute approximate surface area is 175 Å². The van der Waals surface area contributed by atoms with Gasteiger partial charge in [-0.1, -0.05) is 43.8 Å². The third kappa shape index (κ3) is 4.20. The molecule has 7 nitrogen and oxygen atoms in total. The average molecular weight is 408 g/mol. The Morgan fingerprint density at radius 3 is 2.53 bits per heavy atom. The summed E-state index contributed by atoms with van der Waals surface area (Å²) in [5, 5.41) is 12.2. The molecule has 1 aliphatic heterocycles. The number of hydrogen-bond donors (Lipinski definition) is 2. The Kier molecular flexibility index (Phi) is 5.91. The lowest BCUT2D eigenvalue weighted by Crippen LogP contribution is -2.37. The fourth-order valence-corrected chi connectivity index (χ4v) is 3.79. The lowest BCUT2D eigenvalue weighted by Gasteiger charge is -2.26. The van der Waals surface area contributed by atoms with E-state index in [2.05, 4.69) is 11.9 Å². The molecule has 1 atom stereocenters. The normalized spacial score (nSPS) is 17.2. The molecule has 2 aromatic rings. The molecule has 0 radical (unpaired) electrons. The standard InChI is InChI=1S/C23H24N2O5/c1-15(20(26)24-13-16-7-5-4-6-8-16)12-23(2)14-25(22(29)30-3)19-10-9-17(21(27)28)11-18(19)23/h4-11H,1,12-14H2,2-3H3,(H,24,26)(H,27,28). The second-order valence-electron chi connectivity index (χ2n) is 7.60. The number of rotatable bonds is 6. The van der Waals surface area contributed by atoms with Crippen LogP contribution in [-0.2, 0) is 21.5 Å². The van der Waals surface area contributed by atoms with Crippen LogP contribution in [0.2, 0.25) is 0 Å². The van der Waals surface area contributed by atoms with Gasteiger partial charge in [-0.25, -0.2) is 9.59 Å². The smallest absolute Gasteiger partial charge is 0.414 e. The summed E-state index contributed by atoms with van der Waals surface area (Å²) in [6, 6.07) is 14.1. The molecule has 2 aromatic carbocycles. The molecule has 0 spiro atoms. The van der Waals surface area contributed by atoms with E-state index < -0.39 is 17.5 Å². The highest BCUT2D eigenvalue weighted by atomic mass is 16.5. The predicted molar refractivity (Wildman–Crippen MR) is 113 cm³/mol. The number of amides is 2. The maximum absolute atomic E-state index is 12.6. The molecule has 0 aromatic heterocycles. The number of carboxylic acid groups (broad SMARTS) is 1. The molecule has 0 bridgehead atoms. The molecule has 0 saturated carbocycles. The van der Waals surface area contributed by atoms with E-state index in [0.29, 0.717) is 23.4 Å². The molecule has 0 aliphatic carbocycles. The van der Waals surface area contributed by atoms with E-state index >= 15 is 0 Å². The van der Waals surface area contributed by atoms with E-state index in [1.54, 1.807) is 12.1 Å². The largest absolute Gasteiger partial charge is 0.478 e. The van der Waals surface area contributed by atoms with Gasteiger partial charge in [0.15, 0.2) is 0 Å². The minimum Gasteiger partial charge on any atom is -0.478 e. The number of fused-ring (bicyclic) bond motifs is 1. The molecule has 0 fully saturated rings. The molecular formula is C23H24N2O5. The quantitative estimate of drug-likeness (QED) is 0.714. The zero-order valence-electron chi connectivity index (χ0n) is 17.0. The Balaban J connectivity index is 1.81. The van der Waals surface area contributed by atoms with Gasteiger partial charge in [0.2, 0.25) is 5.91 Å². The van der Waals surface area contributed by atoms with Gasteiger partial charge in [-0.3, -0.25) is 9.69 Å². The minimum absolute atomic E-state index is 0.117. The topological polar surface area (TPSA) is 95.9 Å². The molecule has 7 heteroatoms. The highest BCUT2D eigenvalue weighted by Crippen LogP contribution is 2.44. The van der Waals surface area contributed by atoms with E-state index in [-0.39, 0.29) is 24.4 Å². The van der Waals surface area contributed by atoms with Crippen molar-refractivity contribution < 1.29 is 24.2 Å². The fourth-order valence-electron chi connectivity index (χ4n) is 3.79. The van der Waals surface area contributed by atoms with Gasteiger partial charge in [0.05, 0.1) is 18.4 Å². The van der Waals surface area contributed by atoms with Gasteiger partial charge in [0.25, 0.3) is 0 Å². The number of carbonyl (C=O) groups is 3. The van der Waals surface area contributed by atoms with Crippen molar-refractivity contribution in [3.8, 4) is 0 Å². The van der Waals surface area contributed by atoms with Crippen LogP contribution in [0, 0.1) is 0 Å². The number of aromatic carboxylic acids is 1. The summed E-state index contributed by atoms with van der Waals surface area (Å²) < 4.78 is 4.87. The molecule has 0 saturated heterocycles. The van der Waals surface area contributed by atoms with Crippen molar-refractivity contribution in [2.75, 3.05) is 18.6 Å². The predicted octanol–water partition coefficient (Wildman–Crippen LogP) is 3.49. The van der Waals surface area contributed by atoms with Crippen LogP contribution >= 0.6 is 0 Å². The number of benzene rings is 2. The molecule has 3 rings (SSSR count). The number of ether oxygens (including phenoxy) is 1. The summed E-state index contributed by atoms with van der Waals surface area (Å²) in [4.78, 5) is 37.7. The van der Waals surface area contributed by atoms with E-state index in [4.69, 9.17) is 4.74 Å². The third-order valence-corrected chi connectivity index (χ3v) is 5.31. The Hall–Kier alpha value is -3.61. The summed E-state index contributed by atoms with van der Waals surface area (Å²) in [7, 11) is 1.29. The summed E-state index contributed by atoms with van der Waals surface area (Å²) >= 11 is 0. The van der Waals surface area contributed by atoms with Gasteiger partial charge in [-0.05, 0) is 35.7 Å². The Morgan fingerprint density at radius 1 is 1.20 bits per heavy atom. The molecule has 1 aliphatic rings. The van der Waals surface area contributed by atoms with Crippen molar-refractivity contribution >= 4 is 23.7 Å². The maximum Gasteiger partial charge on any atom is 0.414 e. The number of carbonyl (C=O) groups excluding carboxylic acids is 2. The van der Waals surface area contributed by atoms with Gasteiger partial charge in [0, 0.05) is 24.1 Å². The number of nitrogens with zero attached hydrogens (tertiary/aromatic N) is 1. The van der Waals surface area contributed by atoms with Crippen molar-refractivity contribution in [3.63, 3.8) is 0 Å². The molecule has 2 N–H and O–H groups in total. The Morgan fingerprint density at radius 2 is 1.90 bits per heavy atom. The van der Waals surface area contributed by atoms with Crippen molar-refractivity contribution in [1.29, 1.82) is 0 Å². The van der Waals surface area contributed by atoms with Gasteiger partial charge < -0.3 is 15.2 Å². The summed E-state index contributed by atoms with van der Waals surface area (Å²) in [6.45, 7) is 6.45. The van der Waals surface area contributed by atoms with Crippen molar-refractivity contribution in [1.82, 2.24) is 5.32 Å². The van der Waals surface area contributed by atoms with Gasteiger partial charge in [-0.15, -0.1) is 0 Å². The average Bonchev–Trinajstić information content (AvgIpc) is 3.04. The fraction of sp³-hybridized carbons (Fsp3) is 0.261. The monoisotopic (exact) mass is 408 g/mol. The second kappa shape index (κ2) is 8.41. The molecule has 2 amide bonds. The van der Waals surface area contributed by atoms with Gasteiger partial charge in [-0.2, -0.15) is 0 Å². The van der Waals surface area contributed by atoms with Crippen molar-refractivity contribution in [2.24, 2.45) is 0 Å². The van der Waals surface area contributed by atoms with Crippen LogP contribution in [0.3, 0.4) is 0 Å². The van der Waals surface area contributed by atoms with Crippen LogP contribution in [0.5, 0.6) is 0 Å². The van der Waals surface area contributed by atoms with E-state index in [1.807, 2.05) is 37.3 Å². The second-order valence-corrected chi connectivity index (χ2v) is 7.60. The van der Waals surface area contributed by atoms with Crippen molar-refractivity contribution in [3.05, 3.63) is 77.4 Å². The van der Waals surface area contributed by atoms with Crippen molar-refractivity contribution in [2.45, 2.75) is 25.3 Å². The number of anilines is 1. The summed E-state index contributed by atoms with van der Waals surface area (Å²) in [6.07, 6.45) is -0.279. The van der Waals surface area contributed by atoms with Crippen LogP contribution < -0.4 is 10.2 Å². The molecule has 156 valence electrons. The third-order valence-electron chi connectivity index (χ3n) is 5.31. The van der Waals surface area contributed by atoms with Crippen LogP contribution in [0.15, 0.2) is 60.7 Å². The first-order valence-electron chi connectivity index (χ1n) is 9.48. The van der Waals surface area contributed by atoms with E-state index in [9.17, 15) is 19.5 Å². The van der Waals surface area contributed by atoms with Crippen LogP contribution in [0.1, 0.15) is 34.8 Å². The SMILES string of the molecule is C=C(CC1(C)CN(C(=O)OC)c2ccc(C(=O)O)cc21)C(=O)NCc1ccccc1. The number of methoxy groups -OCH3 is 1. The van der Waals surface area contributed by atoms with E-state index in [0.717, 1.165) is 5.56 Å². The first-order chi connectivity index (χ1) is 14.2. The molecule has 1 heterocycles. The molecule has 30 heavy (non-hydrogen) atoms. The number of nitrogens with one attached hydrogen (secondary N) is 1. The lowest BCUT2D eigenvalue weighted by atomic mass is 9.78. The van der Waals surface area contributed by atoms with Crippen LogP contribution in [-0.4, -0.2) is 36.7 Å². The highest BCUT2D eigenvalue weighted by molar-refractivity contribution is 5.96. The number of hydrogen-bond acceptors (Lipinski definition) is 4. The maximum atomic E-state index is 12.6. The zero-order chi connectivity index (χ0) is 21.9. The number of carboxylic acids is 1.